The van der Waals surface area contributed by atoms with Gasteiger partial charge >= 0.3 is 0 Å². The van der Waals surface area contributed by atoms with E-state index in [2.05, 4.69) is 0 Å². The van der Waals surface area contributed by atoms with Gasteiger partial charge in [0.1, 0.15) is 0 Å². The van der Waals surface area contributed by atoms with E-state index in [9.17, 15) is 13.2 Å². The molecule has 1 amide bonds. The zero-order valence-electron chi connectivity index (χ0n) is 7.56. The third-order valence-corrected chi connectivity index (χ3v) is 3.96. The predicted molar refractivity (Wildman–Crippen MR) is 48.9 cm³/mol. The van der Waals surface area contributed by atoms with Gasteiger partial charge in [-0.25, -0.2) is 8.42 Å². The summed E-state index contributed by atoms with van der Waals surface area (Å²) in [6.07, 6.45) is 0. The fourth-order valence-electron chi connectivity index (χ4n) is 1.49. The number of amides is 1. The van der Waals surface area contributed by atoms with Crippen LogP contribution < -0.4 is 5.73 Å². The SMILES string of the molecule is CC1CS(=O)(=O)CCN1C(=O)CN. The second-order valence-electron chi connectivity index (χ2n) is 3.25. The van der Waals surface area contributed by atoms with Crippen LogP contribution in [0.3, 0.4) is 0 Å². The number of sulfone groups is 1. The third-order valence-electron chi connectivity index (χ3n) is 2.17. The summed E-state index contributed by atoms with van der Waals surface area (Å²) in [5, 5.41) is 0. The van der Waals surface area contributed by atoms with E-state index in [0.29, 0.717) is 0 Å². The van der Waals surface area contributed by atoms with E-state index in [1.807, 2.05) is 0 Å². The molecule has 1 aliphatic heterocycles. The predicted octanol–water partition coefficient (Wildman–Crippen LogP) is -1.41. The van der Waals surface area contributed by atoms with Crippen LogP contribution in [-0.2, 0) is 14.6 Å². The first kappa shape index (κ1) is 10.5. The van der Waals surface area contributed by atoms with Crippen molar-refractivity contribution in [2.45, 2.75) is 13.0 Å². The van der Waals surface area contributed by atoms with E-state index < -0.39 is 9.84 Å². The third kappa shape index (κ3) is 2.41. The highest BCUT2D eigenvalue weighted by atomic mass is 32.2. The van der Waals surface area contributed by atoms with Crippen LogP contribution in [0.2, 0.25) is 0 Å². The van der Waals surface area contributed by atoms with Gasteiger partial charge in [0.2, 0.25) is 5.91 Å². The Labute approximate surface area is 77.8 Å². The van der Waals surface area contributed by atoms with Gasteiger partial charge in [-0.2, -0.15) is 0 Å². The Bertz CT molecular complexity index is 299. The lowest BCUT2D eigenvalue weighted by Crippen LogP contribution is -2.51. The summed E-state index contributed by atoms with van der Waals surface area (Å²) in [6, 6.07) is -0.241. The standard InChI is InChI=1S/C7H14N2O3S/c1-6-5-13(11,12)3-2-9(6)7(10)4-8/h6H,2-5,8H2,1H3. The topological polar surface area (TPSA) is 80.5 Å². The van der Waals surface area contributed by atoms with Gasteiger partial charge in [0.15, 0.2) is 9.84 Å². The van der Waals surface area contributed by atoms with Crippen molar-refractivity contribution in [2.75, 3.05) is 24.6 Å². The average molecular weight is 206 g/mol. The van der Waals surface area contributed by atoms with Crippen molar-refractivity contribution in [3.8, 4) is 0 Å². The van der Waals surface area contributed by atoms with Gasteiger partial charge in [0.05, 0.1) is 18.1 Å². The molecule has 76 valence electrons. The van der Waals surface area contributed by atoms with Gasteiger partial charge in [-0.1, -0.05) is 0 Å². The first-order valence-electron chi connectivity index (χ1n) is 4.16. The molecular formula is C7H14N2O3S. The molecule has 0 aliphatic carbocycles. The smallest absolute Gasteiger partial charge is 0.236 e. The monoisotopic (exact) mass is 206 g/mol. The van der Waals surface area contributed by atoms with Crippen molar-refractivity contribution in [1.82, 2.24) is 4.90 Å². The van der Waals surface area contributed by atoms with Crippen molar-refractivity contribution in [1.29, 1.82) is 0 Å². The van der Waals surface area contributed by atoms with E-state index in [1.165, 1.54) is 4.90 Å². The average Bonchev–Trinajstić information content (AvgIpc) is 2.01. The zero-order chi connectivity index (χ0) is 10.1. The lowest BCUT2D eigenvalue weighted by Gasteiger charge is -2.32. The molecule has 0 aromatic carbocycles. The van der Waals surface area contributed by atoms with Crippen LogP contribution in [0.1, 0.15) is 6.92 Å². The maximum Gasteiger partial charge on any atom is 0.236 e. The van der Waals surface area contributed by atoms with Gasteiger partial charge < -0.3 is 10.6 Å². The number of carbonyl (C=O) groups excluding carboxylic acids is 1. The summed E-state index contributed by atoms with van der Waals surface area (Å²) in [5.74, 6) is -0.0654. The van der Waals surface area contributed by atoms with Crippen LogP contribution in [-0.4, -0.2) is 49.9 Å². The van der Waals surface area contributed by atoms with Crippen molar-refractivity contribution >= 4 is 15.7 Å². The zero-order valence-corrected chi connectivity index (χ0v) is 8.38. The van der Waals surface area contributed by atoms with Crippen molar-refractivity contribution in [3.05, 3.63) is 0 Å². The molecule has 0 saturated carbocycles. The highest BCUT2D eigenvalue weighted by Gasteiger charge is 2.30. The second kappa shape index (κ2) is 3.63. The minimum atomic E-state index is -2.94. The second-order valence-corrected chi connectivity index (χ2v) is 5.48. The lowest BCUT2D eigenvalue weighted by atomic mass is 10.3. The molecule has 6 heteroatoms. The molecule has 0 aromatic heterocycles. The van der Waals surface area contributed by atoms with Gasteiger partial charge in [-0.05, 0) is 6.92 Å². The molecule has 1 atom stereocenters. The van der Waals surface area contributed by atoms with Crippen LogP contribution >= 0.6 is 0 Å². The lowest BCUT2D eigenvalue weighted by molar-refractivity contribution is -0.131. The Morgan fingerprint density at radius 2 is 2.23 bits per heavy atom. The molecule has 0 aromatic rings. The highest BCUT2D eigenvalue weighted by molar-refractivity contribution is 7.91. The molecule has 1 aliphatic rings. The van der Waals surface area contributed by atoms with E-state index in [4.69, 9.17) is 5.73 Å². The molecule has 1 saturated heterocycles. The molecule has 1 rings (SSSR count). The van der Waals surface area contributed by atoms with Crippen LogP contribution in [0, 0.1) is 0 Å². The van der Waals surface area contributed by atoms with E-state index >= 15 is 0 Å². The number of rotatable bonds is 1. The summed E-state index contributed by atoms with van der Waals surface area (Å²) in [5.41, 5.74) is 5.19. The van der Waals surface area contributed by atoms with Gasteiger partial charge in [0, 0.05) is 12.6 Å². The number of nitrogens with zero attached hydrogens (tertiary/aromatic N) is 1. The molecular weight excluding hydrogens is 192 g/mol. The molecule has 1 fully saturated rings. The minimum absolute atomic E-state index is 0.0512. The summed E-state index contributed by atoms with van der Waals surface area (Å²) >= 11 is 0. The van der Waals surface area contributed by atoms with Gasteiger partial charge in [-0.15, -0.1) is 0 Å². The molecule has 0 spiro atoms. The minimum Gasteiger partial charge on any atom is -0.337 e. The number of hydrogen-bond donors (Lipinski definition) is 1. The molecule has 0 bridgehead atoms. The highest BCUT2D eigenvalue weighted by Crippen LogP contribution is 2.10. The fourth-order valence-corrected chi connectivity index (χ4v) is 3.04. The number of carbonyl (C=O) groups is 1. The largest absolute Gasteiger partial charge is 0.337 e. The Kier molecular flexibility index (Phi) is 2.92. The Hall–Kier alpha value is -0.620. The number of hydrogen-bond acceptors (Lipinski definition) is 4. The molecule has 13 heavy (non-hydrogen) atoms. The Morgan fingerprint density at radius 1 is 1.62 bits per heavy atom. The van der Waals surface area contributed by atoms with E-state index in [1.54, 1.807) is 6.92 Å². The molecule has 0 radical (unpaired) electrons. The maximum absolute atomic E-state index is 11.2. The van der Waals surface area contributed by atoms with Crippen molar-refractivity contribution in [3.63, 3.8) is 0 Å². The Morgan fingerprint density at radius 3 is 2.69 bits per heavy atom. The van der Waals surface area contributed by atoms with Crippen LogP contribution in [0.15, 0.2) is 0 Å². The summed E-state index contributed by atoms with van der Waals surface area (Å²) < 4.78 is 22.3. The Balaban J connectivity index is 2.69. The number of nitrogens with two attached hydrogens (primary N) is 1. The first-order chi connectivity index (χ1) is 5.96. The summed E-state index contributed by atoms with van der Waals surface area (Å²) in [7, 11) is -2.94. The molecule has 2 N–H and O–H groups in total. The van der Waals surface area contributed by atoms with Crippen LogP contribution in [0.5, 0.6) is 0 Å². The summed E-state index contributed by atoms with van der Waals surface area (Å²) in [6.45, 7) is 1.95. The first-order valence-corrected chi connectivity index (χ1v) is 5.98. The fraction of sp³-hybridized carbons (Fsp3) is 0.857. The van der Waals surface area contributed by atoms with E-state index in [0.717, 1.165) is 0 Å². The van der Waals surface area contributed by atoms with E-state index in [-0.39, 0.29) is 36.5 Å². The van der Waals surface area contributed by atoms with Crippen molar-refractivity contribution < 1.29 is 13.2 Å². The molecule has 5 nitrogen and oxygen atoms in total. The molecule has 1 heterocycles. The quantitative estimate of drug-likeness (QED) is 0.571. The maximum atomic E-state index is 11.2. The normalized spacial score (nSPS) is 27.2. The van der Waals surface area contributed by atoms with Gasteiger partial charge in [-0.3, -0.25) is 4.79 Å². The van der Waals surface area contributed by atoms with Crippen LogP contribution in [0.4, 0.5) is 0 Å². The van der Waals surface area contributed by atoms with Crippen LogP contribution in [0.25, 0.3) is 0 Å². The van der Waals surface area contributed by atoms with Gasteiger partial charge in [0.25, 0.3) is 0 Å². The molecule has 1 unspecified atom stereocenters. The summed E-state index contributed by atoms with van der Waals surface area (Å²) in [4.78, 5) is 12.7. The van der Waals surface area contributed by atoms with Crippen molar-refractivity contribution in [2.24, 2.45) is 5.73 Å².